The second-order valence-electron chi connectivity index (χ2n) is 6.55. The predicted molar refractivity (Wildman–Crippen MR) is 88.7 cm³/mol. The van der Waals surface area contributed by atoms with Crippen molar-refractivity contribution in [1.82, 2.24) is 16.0 Å². The lowest BCUT2D eigenvalue weighted by Crippen LogP contribution is -2.47. The standard InChI is InChI=1S/C18H25N3O2/c1-19-17(22)14-8-5-9-15(14)21-16(12-6-3-2-4-7-12)18(23)20-13-10-11-13/h2-4,6-7,13-16,21H,5,8-11H2,1H3,(H,19,22)(H,20,23)/t14-,15+,16+/m1/s1. The molecular weight excluding hydrogens is 290 g/mol. The fourth-order valence-electron chi connectivity index (χ4n) is 3.35. The summed E-state index contributed by atoms with van der Waals surface area (Å²) in [5, 5.41) is 9.28. The lowest BCUT2D eigenvalue weighted by atomic mass is 9.99. The molecule has 23 heavy (non-hydrogen) atoms. The molecule has 2 amide bonds. The van der Waals surface area contributed by atoms with Crippen LogP contribution in [0.2, 0.25) is 0 Å². The first-order valence-electron chi connectivity index (χ1n) is 8.52. The van der Waals surface area contributed by atoms with Gasteiger partial charge in [0.25, 0.3) is 0 Å². The summed E-state index contributed by atoms with van der Waals surface area (Å²) < 4.78 is 0. The normalized spacial score (nSPS) is 24.9. The number of amides is 2. The highest BCUT2D eigenvalue weighted by atomic mass is 16.2. The molecule has 2 fully saturated rings. The van der Waals surface area contributed by atoms with Gasteiger partial charge in [-0.1, -0.05) is 36.8 Å². The Morgan fingerprint density at radius 2 is 1.83 bits per heavy atom. The molecule has 0 spiro atoms. The van der Waals surface area contributed by atoms with E-state index < -0.39 is 6.04 Å². The summed E-state index contributed by atoms with van der Waals surface area (Å²) in [5.41, 5.74) is 0.952. The minimum Gasteiger partial charge on any atom is -0.359 e. The van der Waals surface area contributed by atoms with Gasteiger partial charge in [-0.3, -0.25) is 14.9 Å². The first-order chi connectivity index (χ1) is 11.2. The van der Waals surface area contributed by atoms with Gasteiger partial charge in [-0.15, -0.1) is 0 Å². The molecule has 5 nitrogen and oxygen atoms in total. The van der Waals surface area contributed by atoms with Gasteiger partial charge in [-0.2, -0.15) is 0 Å². The molecule has 3 atom stereocenters. The van der Waals surface area contributed by atoms with E-state index in [1.54, 1.807) is 7.05 Å². The quantitative estimate of drug-likeness (QED) is 0.745. The Hall–Kier alpha value is -1.88. The number of benzene rings is 1. The van der Waals surface area contributed by atoms with Crippen molar-refractivity contribution >= 4 is 11.8 Å². The summed E-state index contributed by atoms with van der Waals surface area (Å²) >= 11 is 0. The Labute approximate surface area is 137 Å². The van der Waals surface area contributed by atoms with E-state index in [1.165, 1.54) is 0 Å². The van der Waals surface area contributed by atoms with Crippen molar-refractivity contribution in [1.29, 1.82) is 0 Å². The molecular formula is C18H25N3O2. The van der Waals surface area contributed by atoms with E-state index in [-0.39, 0.29) is 23.8 Å². The lowest BCUT2D eigenvalue weighted by molar-refractivity contribution is -0.127. The fraction of sp³-hybridized carbons (Fsp3) is 0.556. The van der Waals surface area contributed by atoms with Crippen molar-refractivity contribution < 1.29 is 9.59 Å². The topological polar surface area (TPSA) is 70.2 Å². The van der Waals surface area contributed by atoms with E-state index in [2.05, 4.69) is 16.0 Å². The first kappa shape index (κ1) is 16.0. The number of carbonyl (C=O) groups excluding carboxylic acids is 2. The van der Waals surface area contributed by atoms with Gasteiger partial charge in [0.1, 0.15) is 6.04 Å². The smallest absolute Gasteiger partial charge is 0.241 e. The zero-order valence-electron chi connectivity index (χ0n) is 13.5. The average molecular weight is 315 g/mol. The minimum atomic E-state index is -0.396. The average Bonchev–Trinajstić information content (AvgIpc) is 3.27. The van der Waals surface area contributed by atoms with Crippen LogP contribution < -0.4 is 16.0 Å². The minimum absolute atomic E-state index is 0.0151. The van der Waals surface area contributed by atoms with Gasteiger partial charge in [0, 0.05) is 19.1 Å². The highest BCUT2D eigenvalue weighted by Gasteiger charge is 2.36. The Morgan fingerprint density at radius 3 is 2.48 bits per heavy atom. The molecule has 0 radical (unpaired) electrons. The van der Waals surface area contributed by atoms with E-state index in [0.29, 0.717) is 6.04 Å². The van der Waals surface area contributed by atoms with Gasteiger partial charge >= 0.3 is 0 Å². The zero-order chi connectivity index (χ0) is 16.2. The van der Waals surface area contributed by atoms with Crippen LogP contribution >= 0.6 is 0 Å². The summed E-state index contributed by atoms with van der Waals surface area (Å²) in [4.78, 5) is 24.7. The van der Waals surface area contributed by atoms with Crippen LogP contribution in [0, 0.1) is 5.92 Å². The third kappa shape index (κ3) is 3.91. The van der Waals surface area contributed by atoms with Crippen molar-refractivity contribution in [2.45, 2.75) is 50.2 Å². The van der Waals surface area contributed by atoms with Crippen LogP contribution in [0.15, 0.2) is 30.3 Å². The molecule has 3 rings (SSSR count). The Balaban J connectivity index is 1.75. The number of hydrogen-bond acceptors (Lipinski definition) is 3. The second-order valence-corrected chi connectivity index (χ2v) is 6.55. The highest BCUT2D eigenvalue weighted by molar-refractivity contribution is 5.84. The number of rotatable bonds is 6. The van der Waals surface area contributed by atoms with Crippen LogP contribution in [0.3, 0.4) is 0 Å². The maximum absolute atomic E-state index is 12.7. The van der Waals surface area contributed by atoms with Gasteiger partial charge < -0.3 is 10.6 Å². The third-order valence-corrected chi connectivity index (χ3v) is 4.80. The summed E-state index contributed by atoms with van der Waals surface area (Å²) in [7, 11) is 1.67. The molecule has 0 saturated heterocycles. The fourth-order valence-corrected chi connectivity index (χ4v) is 3.35. The van der Waals surface area contributed by atoms with Crippen LogP contribution in [0.4, 0.5) is 0 Å². The van der Waals surface area contributed by atoms with Crippen molar-refractivity contribution in [3.8, 4) is 0 Å². The number of hydrogen-bond donors (Lipinski definition) is 3. The molecule has 0 aliphatic heterocycles. The molecule has 2 aliphatic rings. The molecule has 124 valence electrons. The van der Waals surface area contributed by atoms with Gasteiger partial charge in [-0.05, 0) is 31.2 Å². The lowest BCUT2D eigenvalue weighted by Gasteiger charge is -2.26. The van der Waals surface area contributed by atoms with E-state index in [4.69, 9.17) is 0 Å². The Kier molecular flexibility index (Phi) is 4.96. The monoisotopic (exact) mass is 315 g/mol. The maximum Gasteiger partial charge on any atom is 0.241 e. The molecule has 0 bridgehead atoms. The first-order valence-corrected chi connectivity index (χ1v) is 8.52. The zero-order valence-corrected chi connectivity index (χ0v) is 13.5. The van der Waals surface area contributed by atoms with Gasteiger partial charge in [-0.25, -0.2) is 0 Å². The predicted octanol–water partition coefficient (Wildman–Crippen LogP) is 1.51. The van der Waals surface area contributed by atoms with Crippen molar-refractivity contribution in [2.75, 3.05) is 7.05 Å². The second kappa shape index (κ2) is 7.13. The van der Waals surface area contributed by atoms with Gasteiger partial charge in [0.2, 0.25) is 11.8 Å². The largest absolute Gasteiger partial charge is 0.359 e. The third-order valence-electron chi connectivity index (χ3n) is 4.80. The maximum atomic E-state index is 12.7. The molecule has 3 N–H and O–H groups in total. The summed E-state index contributed by atoms with van der Waals surface area (Å²) in [6.07, 6.45) is 4.96. The van der Waals surface area contributed by atoms with Crippen molar-refractivity contribution in [3.63, 3.8) is 0 Å². The van der Waals surface area contributed by atoms with Gasteiger partial charge in [0.15, 0.2) is 0 Å². The van der Waals surface area contributed by atoms with E-state index in [9.17, 15) is 9.59 Å². The van der Waals surface area contributed by atoms with Crippen LogP contribution in [-0.4, -0.2) is 30.9 Å². The molecule has 2 saturated carbocycles. The van der Waals surface area contributed by atoms with Crippen molar-refractivity contribution in [2.24, 2.45) is 5.92 Å². The summed E-state index contributed by atoms with van der Waals surface area (Å²) in [6, 6.07) is 9.74. The van der Waals surface area contributed by atoms with Crippen LogP contribution in [0.1, 0.15) is 43.7 Å². The highest BCUT2D eigenvalue weighted by Crippen LogP contribution is 2.29. The molecule has 0 heterocycles. The molecule has 5 heteroatoms. The van der Waals surface area contributed by atoms with Gasteiger partial charge in [0.05, 0.1) is 5.92 Å². The van der Waals surface area contributed by atoms with E-state index in [1.807, 2.05) is 30.3 Å². The SMILES string of the molecule is CNC(=O)[C@@H]1CCC[C@@H]1N[C@H](C(=O)NC1CC1)c1ccccc1. The van der Waals surface area contributed by atoms with E-state index >= 15 is 0 Å². The number of carbonyl (C=O) groups is 2. The molecule has 1 aromatic rings. The molecule has 0 aromatic heterocycles. The summed E-state index contributed by atoms with van der Waals surface area (Å²) in [6.45, 7) is 0. The molecule has 2 aliphatic carbocycles. The molecule has 0 unspecified atom stereocenters. The number of nitrogens with one attached hydrogen (secondary N) is 3. The van der Waals surface area contributed by atoms with Crippen molar-refractivity contribution in [3.05, 3.63) is 35.9 Å². The van der Waals surface area contributed by atoms with E-state index in [0.717, 1.165) is 37.7 Å². The molecule has 1 aromatic carbocycles. The van der Waals surface area contributed by atoms with Crippen LogP contribution in [0.25, 0.3) is 0 Å². The van der Waals surface area contributed by atoms with Crippen LogP contribution in [0.5, 0.6) is 0 Å². The Morgan fingerprint density at radius 1 is 1.09 bits per heavy atom. The van der Waals surface area contributed by atoms with Crippen LogP contribution in [-0.2, 0) is 9.59 Å². The Bertz CT molecular complexity index is 557. The summed E-state index contributed by atoms with van der Waals surface area (Å²) in [5.74, 6) is 0.0237.